The zero-order valence-electron chi connectivity index (χ0n) is 14.1. The molecule has 1 saturated heterocycles. The van der Waals surface area contributed by atoms with Crippen molar-refractivity contribution in [1.82, 2.24) is 14.7 Å². The molecule has 23 heavy (non-hydrogen) atoms. The zero-order chi connectivity index (χ0) is 16.8. The van der Waals surface area contributed by atoms with Gasteiger partial charge >= 0.3 is 0 Å². The number of amides is 2. The smallest absolute Gasteiger partial charge is 0.241 e. The fourth-order valence-corrected chi connectivity index (χ4v) is 2.61. The second-order valence-electron chi connectivity index (χ2n) is 5.88. The lowest BCUT2D eigenvalue weighted by molar-refractivity contribution is -0.141. The van der Waals surface area contributed by atoms with Crippen LogP contribution in [0.4, 0.5) is 0 Å². The lowest BCUT2D eigenvalue weighted by atomic mass is 10.1. The van der Waals surface area contributed by atoms with Gasteiger partial charge in [0.1, 0.15) is 18.4 Å². The predicted octanol–water partition coefficient (Wildman–Crippen LogP) is 0.686. The molecule has 1 unspecified atom stereocenters. The van der Waals surface area contributed by atoms with Gasteiger partial charge in [0, 0.05) is 33.6 Å². The minimum absolute atomic E-state index is 0.0194. The number of nitrogens with zero attached hydrogens (tertiary/aromatic N) is 3. The van der Waals surface area contributed by atoms with Crippen molar-refractivity contribution >= 4 is 11.8 Å². The first-order chi connectivity index (χ1) is 11.0. The summed E-state index contributed by atoms with van der Waals surface area (Å²) in [5, 5.41) is 0. The molecule has 0 spiro atoms. The van der Waals surface area contributed by atoms with Gasteiger partial charge in [0.05, 0.1) is 6.54 Å². The molecule has 0 saturated carbocycles. The molecule has 2 rings (SSSR count). The van der Waals surface area contributed by atoms with E-state index in [9.17, 15) is 9.59 Å². The highest BCUT2D eigenvalue weighted by atomic mass is 16.5. The molecule has 0 aliphatic carbocycles. The van der Waals surface area contributed by atoms with E-state index in [1.807, 2.05) is 42.3 Å². The van der Waals surface area contributed by atoms with Crippen molar-refractivity contribution in [2.45, 2.75) is 13.0 Å². The van der Waals surface area contributed by atoms with E-state index in [0.717, 1.165) is 5.75 Å². The maximum Gasteiger partial charge on any atom is 0.241 e. The van der Waals surface area contributed by atoms with E-state index in [2.05, 4.69) is 0 Å². The van der Waals surface area contributed by atoms with Gasteiger partial charge in [-0.3, -0.25) is 14.5 Å². The van der Waals surface area contributed by atoms with Crippen molar-refractivity contribution in [3.05, 3.63) is 30.3 Å². The Balaban J connectivity index is 1.84. The van der Waals surface area contributed by atoms with Gasteiger partial charge in [-0.15, -0.1) is 0 Å². The Bertz CT molecular complexity index is 535. The first-order valence-corrected chi connectivity index (χ1v) is 7.87. The maximum atomic E-state index is 12.6. The van der Waals surface area contributed by atoms with Gasteiger partial charge < -0.3 is 14.5 Å². The van der Waals surface area contributed by atoms with Crippen LogP contribution in [0.5, 0.6) is 5.75 Å². The quantitative estimate of drug-likeness (QED) is 0.801. The Morgan fingerprint density at radius 3 is 2.61 bits per heavy atom. The van der Waals surface area contributed by atoms with E-state index in [-0.39, 0.29) is 17.9 Å². The van der Waals surface area contributed by atoms with Crippen LogP contribution >= 0.6 is 0 Å². The second kappa shape index (κ2) is 7.97. The summed E-state index contributed by atoms with van der Waals surface area (Å²) >= 11 is 0. The summed E-state index contributed by atoms with van der Waals surface area (Å²) in [6.07, 6.45) is 0. The minimum Gasteiger partial charge on any atom is -0.492 e. The SMILES string of the molecule is CC(=O)N1CCN(C)C(C(=O)N(C)CCOc2ccccc2)C1. The van der Waals surface area contributed by atoms with Gasteiger partial charge in [0.25, 0.3) is 0 Å². The Kier molecular flexibility index (Phi) is 5.98. The summed E-state index contributed by atoms with van der Waals surface area (Å²) in [5.74, 6) is 0.840. The second-order valence-corrected chi connectivity index (χ2v) is 5.88. The van der Waals surface area contributed by atoms with E-state index in [0.29, 0.717) is 32.8 Å². The number of para-hydroxylation sites is 1. The average molecular weight is 319 g/mol. The summed E-state index contributed by atoms with van der Waals surface area (Å²) in [5.41, 5.74) is 0. The molecule has 1 atom stereocenters. The number of carbonyl (C=O) groups excluding carboxylic acids is 2. The molecule has 1 aliphatic rings. The van der Waals surface area contributed by atoms with Crippen molar-refractivity contribution in [2.75, 3.05) is 46.9 Å². The van der Waals surface area contributed by atoms with Gasteiger partial charge in [0.2, 0.25) is 11.8 Å². The number of carbonyl (C=O) groups is 2. The van der Waals surface area contributed by atoms with Crippen LogP contribution in [-0.4, -0.2) is 79.4 Å². The normalized spacial score (nSPS) is 18.6. The molecule has 6 nitrogen and oxygen atoms in total. The highest BCUT2D eigenvalue weighted by Gasteiger charge is 2.32. The molecule has 1 fully saturated rings. The van der Waals surface area contributed by atoms with Gasteiger partial charge in [-0.25, -0.2) is 0 Å². The summed E-state index contributed by atoms with van der Waals surface area (Å²) in [6, 6.07) is 9.26. The highest BCUT2D eigenvalue weighted by molar-refractivity contribution is 5.83. The molecule has 6 heteroatoms. The number of piperazine rings is 1. The number of hydrogen-bond acceptors (Lipinski definition) is 4. The van der Waals surface area contributed by atoms with Crippen LogP contribution < -0.4 is 4.74 Å². The molecule has 0 radical (unpaired) electrons. The number of benzene rings is 1. The average Bonchev–Trinajstić information content (AvgIpc) is 2.55. The van der Waals surface area contributed by atoms with Gasteiger partial charge in [0.15, 0.2) is 0 Å². The van der Waals surface area contributed by atoms with E-state index in [1.54, 1.807) is 23.8 Å². The Labute approximate surface area is 137 Å². The molecular weight excluding hydrogens is 294 g/mol. The van der Waals surface area contributed by atoms with Gasteiger partial charge in [-0.05, 0) is 19.2 Å². The van der Waals surface area contributed by atoms with E-state index >= 15 is 0 Å². The van der Waals surface area contributed by atoms with Crippen LogP contribution in [0.1, 0.15) is 6.92 Å². The highest BCUT2D eigenvalue weighted by Crippen LogP contribution is 2.11. The lowest BCUT2D eigenvalue weighted by Crippen LogP contribution is -2.58. The summed E-state index contributed by atoms with van der Waals surface area (Å²) in [6.45, 7) is 4.34. The molecule has 1 aromatic carbocycles. The predicted molar refractivity (Wildman–Crippen MR) is 88.2 cm³/mol. The third kappa shape index (κ3) is 4.69. The summed E-state index contributed by atoms with van der Waals surface area (Å²) in [4.78, 5) is 29.6. The zero-order valence-corrected chi connectivity index (χ0v) is 14.1. The molecule has 0 N–H and O–H groups in total. The summed E-state index contributed by atoms with van der Waals surface area (Å²) < 4.78 is 5.63. The topological polar surface area (TPSA) is 53.1 Å². The van der Waals surface area contributed by atoms with Crippen LogP contribution in [0.2, 0.25) is 0 Å². The first kappa shape index (κ1) is 17.3. The van der Waals surface area contributed by atoms with E-state index in [4.69, 9.17) is 4.74 Å². The van der Waals surface area contributed by atoms with E-state index in [1.165, 1.54) is 0 Å². The third-order valence-corrected chi connectivity index (χ3v) is 4.19. The monoisotopic (exact) mass is 319 g/mol. The molecule has 0 bridgehead atoms. The summed E-state index contributed by atoms with van der Waals surface area (Å²) in [7, 11) is 3.70. The lowest BCUT2D eigenvalue weighted by Gasteiger charge is -2.39. The first-order valence-electron chi connectivity index (χ1n) is 7.87. The third-order valence-electron chi connectivity index (χ3n) is 4.19. The number of ether oxygens (including phenoxy) is 1. The van der Waals surface area contributed by atoms with Crippen LogP contribution in [-0.2, 0) is 9.59 Å². The Hall–Kier alpha value is -2.08. The number of hydrogen-bond donors (Lipinski definition) is 0. The van der Waals surface area contributed by atoms with Crippen LogP contribution in [0.15, 0.2) is 30.3 Å². The standard InChI is InChI=1S/C17H25N3O3/c1-14(21)20-10-9-18(2)16(13-20)17(22)19(3)11-12-23-15-7-5-4-6-8-15/h4-8,16H,9-13H2,1-3H3. The fraction of sp³-hybridized carbons (Fsp3) is 0.529. The Morgan fingerprint density at radius 1 is 1.26 bits per heavy atom. The van der Waals surface area contributed by atoms with Crippen molar-refractivity contribution in [3.63, 3.8) is 0 Å². The molecule has 126 valence electrons. The largest absolute Gasteiger partial charge is 0.492 e. The van der Waals surface area contributed by atoms with Crippen molar-refractivity contribution in [3.8, 4) is 5.75 Å². The molecule has 0 aromatic heterocycles. The van der Waals surface area contributed by atoms with E-state index < -0.39 is 0 Å². The molecule has 2 amide bonds. The number of rotatable bonds is 5. The van der Waals surface area contributed by atoms with Gasteiger partial charge in [-0.2, -0.15) is 0 Å². The molecule has 1 heterocycles. The molecular formula is C17H25N3O3. The van der Waals surface area contributed by atoms with Crippen molar-refractivity contribution in [2.24, 2.45) is 0 Å². The minimum atomic E-state index is -0.283. The van der Waals surface area contributed by atoms with Gasteiger partial charge in [-0.1, -0.05) is 18.2 Å². The fourth-order valence-electron chi connectivity index (χ4n) is 2.61. The van der Waals surface area contributed by atoms with Crippen molar-refractivity contribution in [1.29, 1.82) is 0 Å². The van der Waals surface area contributed by atoms with Crippen LogP contribution in [0.25, 0.3) is 0 Å². The van der Waals surface area contributed by atoms with Crippen LogP contribution in [0.3, 0.4) is 0 Å². The number of likely N-dealkylation sites (N-methyl/N-ethyl adjacent to an activating group) is 2. The Morgan fingerprint density at radius 2 is 1.96 bits per heavy atom. The maximum absolute atomic E-state index is 12.6. The molecule has 1 aromatic rings. The molecule has 1 aliphatic heterocycles. The van der Waals surface area contributed by atoms with Crippen LogP contribution in [0, 0.1) is 0 Å². The van der Waals surface area contributed by atoms with Crippen molar-refractivity contribution < 1.29 is 14.3 Å².